The number of fused-ring (bicyclic) bond motifs is 3. The number of benzene rings is 4. The van der Waals surface area contributed by atoms with Crippen molar-refractivity contribution in [3.05, 3.63) is 138 Å². The Bertz CT molecular complexity index is 2280. The van der Waals surface area contributed by atoms with Gasteiger partial charge < -0.3 is 9.97 Å². The number of aryl methyl sites for hydroxylation is 2. The van der Waals surface area contributed by atoms with Crippen LogP contribution in [0, 0.1) is 31.9 Å². The molecule has 0 spiro atoms. The third-order valence-corrected chi connectivity index (χ3v) is 13.1. The second-order valence-corrected chi connectivity index (χ2v) is 21.7. The van der Waals surface area contributed by atoms with Crippen molar-refractivity contribution in [2.24, 2.45) is 5.92 Å². The number of hydrogen-bond acceptors (Lipinski definition) is 3. The normalized spacial score (nSPS) is 11.5. The van der Waals surface area contributed by atoms with Crippen molar-refractivity contribution in [1.29, 1.82) is 0 Å². The van der Waals surface area contributed by atoms with Gasteiger partial charge in [0.15, 0.2) is 0 Å². The molecule has 3 aromatic heterocycles. The number of aromatic nitrogens is 2. The molecule has 2 nitrogen and oxygen atoms in total. The Kier molecular flexibility index (Phi) is 13.4. The van der Waals surface area contributed by atoms with Gasteiger partial charge in [0, 0.05) is 37.2 Å². The summed E-state index contributed by atoms with van der Waals surface area (Å²) in [6.07, 6.45) is 7.50. The van der Waals surface area contributed by atoms with Gasteiger partial charge in [0.2, 0.25) is 0 Å². The van der Waals surface area contributed by atoms with Crippen molar-refractivity contribution < 1.29 is 20.1 Å². The van der Waals surface area contributed by atoms with E-state index in [-0.39, 0.29) is 20.1 Å². The predicted octanol–water partition coefficient (Wildman–Crippen LogP) is 13.4. The molecule has 0 fully saturated rings. The summed E-state index contributed by atoms with van der Waals surface area (Å²) in [6, 6.07) is 39.4. The van der Waals surface area contributed by atoms with Crippen molar-refractivity contribution in [1.82, 2.24) is 9.97 Å². The van der Waals surface area contributed by atoms with Gasteiger partial charge in [-0.3, -0.25) is 0 Å². The third-order valence-electron chi connectivity index (χ3n) is 9.90. The zero-order valence-electron chi connectivity index (χ0n) is 32.7. The van der Waals surface area contributed by atoms with Crippen molar-refractivity contribution in [3.8, 4) is 33.6 Å². The van der Waals surface area contributed by atoms with Gasteiger partial charge in [0.1, 0.15) is 0 Å². The van der Waals surface area contributed by atoms with E-state index < -0.39 is 8.07 Å². The van der Waals surface area contributed by atoms with E-state index in [1.54, 1.807) is 0 Å². The number of pyridine rings is 2. The summed E-state index contributed by atoms with van der Waals surface area (Å²) in [4.78, 5) is 9.43. The summed E-state index contributed by atoms with van der Waals surface area (Å²) in [5, 5.41) is 4.09. The van der Waals surface area contributed by atoms with E-state index in [9.17, 15) is 0 Å². The first-order valence-corrected chi connectivity index (χ1v) is 23.1. The molecule has 0 amide bonds. The second kappa shape index (κ2) is 17.6. The largest absolute Gasteiger partial charge is 0.305 e. The van der Waals surface area contributed by atoms with Crippen molar-refractivity contribution in [2.45, 2.75) is 86.4 Å². The first-order chi connectivity index (χ1) is 24.9. The minimum Gasteiger partial charge on any atom is -0.305 e. The SMILES string of the molecule is CC(C)Cc1cc(-c2[c-]cccc2)ncc1[Si](C)(C)C.CCC(CC)c1ccnc(-c2[c-]ccc3c2sc2cc(-c4cc(C)cc(C)c4)ccc23)c1.[Ir]. The van der Waals surface area contributed by atoms with E-state index in [4.69, 9.17) is 4.98 Å². The molecule has 0 atom stereocenters. The fourth-order valence-corrected chi connectivity index (χ4v) is 10.2. The average Bonchev–Trinajstić information content (AvgIpc) is 3.50. The standard InChI is InChI=1S/C30H28NS.C18H24NSi.Ir/c1-5-21(6-2)23-12-13-31-28(17-23)27-9-7-8-26-25-11-10-22(18-29(25)32-30(26)27)24-15-19(3)14-20(4)16-24;1-14(2)11-16-12-17(15-9-7-6-8-10-15)19-13-18(16)20(3,4)5;/h7-8,10-18,21H,5-6H2,1-4H3;6-9,12-14H,11H2,1-5H3;/q2*-1;. The molecule has 275 valence electrons. The quantitative estimate of drug-likeness (QED) is 0.107. The third kappa shape index (κ3) is 9.50. The van der Waals surface area contributed by atoms with E-state index in [2.05, 4.69) is 151 Å². The number of nitrogens with zero attached hydrogens (tertiary/aromatic N) is 2. The molecule has 0 aliphatic carbocycles. The molecule has 0 aliphatic rings. The molecule has 0 saturated heterocycles. The van der Waals surface area contributed by atoms with Crippen LogP contribution < -0.4 is 5.19 Å². The van der Waals surface area contributed by atoms with E-state index in [0.29, 0.717) is 11.8 Å². The first-order valence-electron chi connectivity index (χ1n) is 18.8. The molecule has 3 heterocycles. The minimum absolute atomic E-state index is 0. The van der Waals surface area contributed by atoms with Crippen molar-refractivity contribution in [2.75, 3.05) is 0 Å². The Morgan fingerprint density at radius 2 is 1.49 bits per heavy atom. The second-order valence-electron chi connectivity index (χ2n) is 15.6. The maximum Gasteiger partial charge on any atom is 0.0798 e. The molecule has 0 unspecified atom stereocenters. The maximum absolute atomic E-state index is 4.74. The Balaban J connectivity index is 0.000000223. The van der Waals surface area contributed by atoms with Crippen LogP contribution in [0.2, 0.25) is 19.6 Å². The Morgan fingerprint density at radius 3 is 2.15 bits per heavy atom. The van der Waals surface area contributed by atoms with Crippen LogP contribution >= 0.6 is 11.3 Å². The van der Waals surface area contributed by atoms with E-state index in [1.807, 2.05) is 41.8 Å². The molecule has 1 radical (unpaired) electrons. The molecule has 7 rings (SSSR count). The van der Waals surface area contributed by atoms with Crippen molar-refractivity contribution >= 4 is 44.8 Å². The van der Waals surface area contributed by atoms with Crippen LogP contribution in [0.25, 0.3) is 53.8 Å². The molecule has 53 heavy (non-hydrogen) atoms. The first kappa shape index (κ1) is 40.5. The molecule has 0 bridgehead atoms. The van der Waals surface area contributed by atoms with Crippen LogP contribution in [0.5, 0.6) is 0 Å². The Morgan fingerprint density at radius 1 is 0.736 bits per heavy atom. The molecule has 4 aromatic carbocycles. The van der Waals surface area contributed by atoms with Gasteiger partial charge in [-0.15, -0.1) is 59.7 Å². The summed E-state index contributed by atoms with van der Waals surface area (Å²) < 4.78 is 2.59. The predicted molar refractivity (Wildman–Crippen MR) is 230 cm³/mol. The molecule has 0 aliphatic heterocycles. The summed E-state index contributed by atoms with van der Waals surface area (Å²) >= 11 is 1.85. The zero-order chi connectivity index (χ0) is 37.0. The molecular formula is C48H52IrN2SSi-2. The van der Waals surface area contributed by atoms with E-state index >= 15 is 0 Å². The van der Waals surface area contributed by atoms with Gasteiger partial charge in [-0.05, 0) is 94.9 Å². The molecule has 0 N–H and O–H groups in total. The van der Waals surface area contributed by atoms with Crippen molar-refractivity contribution in [3.63, 3.8) is 0 Å². The molecule has 7 aromatic rings. The number of thiophene rings is 1. The monoisotopic (exact) mass is 909 g/mol. The summed E-state index contributed by atoms with van der Waals surface area (Å²) in [5.41, 5.74) is 12.3. The Labute approximate surface area is 336 Å². The zero-order valence-corrected chi connectivity index (χ0v) is 36.9. The average molecular weight is 909 g/mol. The van der Waals surface area contributed by atoms with Crippen LogP contribution in [-0.4, -0.2) is 18.0 Å². The maximum atomic E-state index is 4.74. The van der Waals surface area contributed by atoms with Gasteiger partial charge in [-0.25, -0.2) is 0 Å². The Hall–Kier alpha value is -3.73. The van der Waals surface area contributed by atoms with Crippen LogP contribution in [-0.2, 0) is 26.5 Å². The van der Waals surface area contributed by atoms with Crippen LogP contribution in [0.1, 0.15) is 68.7 Å². The van der Waals surface area contributed by atoms with Gasteiger partial charge in [-0.2, -0.15) is 11.3 Å². The van der Waals surface area contributed by atoms with E-state index in [1.165, 1.54) is 58.7 Å². The fourth-order valence-electron chi connectivity index (χ4n) is 7.33. The number of rotatable bonds is 9. The molecule has 5 heteroatoms. The van der Waals surface area contributed by atoms with Gasteiger partial charge in [0.25, 0.3) is 0 Å². The topological polar surface area (TPSA) is 25.8 Å². The molecular weight excluding hydrogens is 857 g/mol. The summed E-state index contributed by atoms with van der Waals surface area (Å²) in [5.74, 6) is 1.25. The van der Waals surface area contributed by atoms with Crippen LogP contribution in [0.15, 0.2) is 103 Å². The van der Waals surface area contributed by atoms with Crippen LogP contribution in [0.4, 0.5) is 0 Å². The number of hydrogen-bond donors (Lipinski definition) is 0. The summed E-state index contributed by atoms with van der Waals surface area (Å²) in [7, 11) is -1.34. The summed E-state index contributed by atoms with van der Waals surface area (Å²) in [6.45, 7) is 20.6. The minimum atomic E-state index is -1.34. The smallest absolute Gasteiger partial charge is 0.0798 e. The van der Waals surface area contributed by atoms with Gasteiger partial charge >= 0.3 is 0 Å². The van der Waals surface area contributed by atoms with Gasteiger partial charge in [-0.1, -0.05) is 117 Å². The van der Waals surface area contributed by atoms with Crippen LogP contribution in [0.3, 0.4) is 0 Å². The van der Waals surface area contributed by atoms with Gasteiger partial charge in [0.05, 0.1) is 8.07 Å². The van der Waals surface area contributed by atoms with E-state index in [0.717, 1.165) is 41.8 Å². The fraction of sp³-hybridized carbons (Fsp3) is 0.292. The molecule has 0 saturated carbocycles.